The summed E-state index contributed by atoms with van der Waals surface area (Å²) in [7, 11) is 0. The van der Waals surface area contributed by atoms with Crippen LogP contribution in [0.2, 0.25) is 0 Å². The third-order valence-electron chi connectivity index (χ3n) is 3.37. The molecule has 1 amide bonds. The standard InChI is InChI=1S/C14H17IN2O/c1-2-10-6-5-9-13(10)16-17-14(18)11-7-3-4-8-12(11)15/h3-4,7-8,10H,2,5-6,9H2,1H3,(H,17,18). The highest BCUT2D eigenvalue weighted by molar-refractivity contribution is 14.1. The molecule has 0 aliphatic heterocycles. The summed E-state index contributed by atoms with van der Waals surface area (Å²) in [6.07, 6.45) is 4.52. The summed E-state index contributed by atoms with van der Waals surface area (Å²) in [5, 5.41) is 4.31. The fourth-order valence-corrected chi connectivity index (χ4v) is 2.95. The average molecular weight is 356 g/mol. The lowest BCUT2D eigenvalue weighted by molar-refractivity contribution is 0.0953. The predicted octanol–water partition coefficient (Wildman–Crippen LogP) is 3.59. The molecule has 1 N–H and O–H groups in total. The predicted molar refractivity (Wildman–Crippen MR) is 81.7 cm³/mol. The molecular formula is C14H17IN2O. The van der Waals surface area contributed by atoms with Crippen LogP contribution in [-0.4, -0.2) is 11.6 Å². The van der Waals surface area contributed by atoms with E-state index in [2.05, 4.69) is 40.0 Å². The van der Waals surface area contributed by atoms with E-state index >= 15 is 0 Å². The molecule has 1 aromatic rings. The van der Waals surface area contributed by atoms with Crippen molar-refractivity contribution < 1.29 is 4.79 Å². The van der Waals surface area contributed by atoms with E-state index < -0.39 is 0 Å². The summed E-state index contributed by atoms with van der Waals surface area (Å²) < 4.78 is 0.950. The van der Waals surface area contributed by atoms with E-state index in [1.54, 1.807) is 0 Å². The van der Waals surface area contributed by atoms with Gasteiger partial charge in [-0.3, -0.25) is 4.79 Å². The van der Waals surface area contributed by atoms with Crippen molar-refractivity contribution in [3.8, 4) is 0 Å². The summed E-state index contributed by atoms with van der Waals surface area (Å²) in [6, 6.07) is 7.54. The Bertz CT molecular complexity index is 471. The fourth-order valence-electron chi connectivity index (χ4n) is 2.32. The first-order valence-corrected chi connectivity index (χ1v) is 7.41. The Hall–Kier alpha value is -0.910. The lowest BCUT2D eigenvalue weighted by atomic mass is 10.0. The Kier molecular flexibility index (Phi) is 4.74. The highest BCUT2D eigenvalue weighted by Crippen LogP contribution is 2.25. The summed E-state index contributed by atoms with van der Waals surface area (Å²) in [5.41, 5.74) is 4.53. The van der Waals surface area contributed by atoms with E-state index in [9.17, 15) is 4.79 Å². The minimum Gasteiger partial charge on any atom is -0.267 e. The normalized spacial score (nSPS) is 21.2. The van der Waals surface area contributed by atoms with Crippen molar-refractivity contribution in [1.29, 1.82) is 0 Å². The van der Waals surface area contributed by atoms with Crippen LogP contribution >= 0.6 is 22.6 Å². The second-order valence-corrected chi connectivity index (χ2v) is 5.68. The number of nitrogens with one attached hydrogen (secondary N) is 1. The molecule has 1 fully saturated rings. The van der Waals surface area contributed by atoms with E-state index in [4.69, 9.17) is 0 Å². The van der Waals surface area contributed by atoms with Gasteiger partial charge in [-0.1, -0.05) is 19.1 Å². The second-order valence-electron chi connectivity index (χ2n) is 4.52. The van der Waals surface area contributed by atoms with Crippen molar-refractivity contribution in [2.45, 2.75) is 32.6 Å². The topological polar surface area (TPSA) is 41.5 Å². The van der Waals surface area contributed by atoms with E-state index in [0.29, 0.717) is 11.5 Å². The number of benzene rings is 1. The maximum atomic E-state index is 12.0. The molecule has 1 aliphatic carbocycles. The van der Waals surface area contributed by atoms with Gasteiger partial charge in [0.1, 0.15) is 0 Å². The fraction of sp³-hybridized carbons (Fsp3) is 0.429. The van der Waals surface area contributed by atoms with Crippen LogP contribution in [0, 0.1) is 9.49 Å². The highest BCUT2D eigenvalue weighted by Gasteiger charge is 2.21. The van der Waals surface area contributed by atoms with E-state index in [-0.39, 0.29) is 5.91 Å². The molecule has 1 aromatic carbocycles. The van der Waals surface area contributed by atoms with Crippen molar-refractivity contribution in [2.24, 2.45) is 11.0 Å². The molecule has 2 rings (SSSR count). The Morgan fingerprint density at radius 1 is 1.50 bits per heavy atom. The first-order chi connectivity index (χ1) is 8.72. The van der Waals surface area contributed by atoms with Gasteiger partial charge in [-0.05, 0) is 66.3 Å². The third-order valence-corrected chi connectivity index (χ3v) is 4.31. The van der Waals surface area contributed by atoms with Gasteiger partial charge in [-0.25, -0.2) is 5.43 Å². The number of hydrazone groups is 1. The average Bonchev–Trinajstić information content (AvgIpc) is 2.84. The molecule has 1 aliphatic rings. The van der Waals surface area contributed by atoms with Crippen LogP contribution in [-0.2, 0) is 0 Å². The minimum atomic E-state index is -0.116. The SMILES string of the molecule is CCC1CCCC1=NNC(=O)c1ccccc1I. The molecule has 96 valence electrons. The number of halogens is 1. The highest BCUT2D eigenvalue weighted by atomic mass is 127. The molecule has 0 bridgehead atoms. The lowest BCUT2D eigenvalue weighted by Gasteiger charge is -2.08. The minimum absolute atomic E-state index is 0.116. The van der Waals surface area contributed by atoms with Crippen LogP contribution in [0.3, 0.4) is 0 Å². The molecule has 1 unspecified atom stereocenters. The molecule has 0 aromatic heterocycles. The number of amides is 1. The summed E-state index contributed by atoms with van der Waals surface area (Å²) in [4.78, 5) is 12.0. The number of carbonyl (C=O) groups is 1. The molecule has 0 saturated heterocycles. The van der Waals surface area contributed by atoms with Crippen LogP contribution < -0.4 is 5.43 Å². The summed E-state index contributed by atoms with van der Waals surface area (Å²) >= 11 is 2.17. The Balaban J connectivity index is 2.04. The Morgan fingerprint density at radius 3 is 3.00 bits per heavy atom. The van der Waals surface area contributed by atoms with Crippen molar-refractivity contribution in [3.05, 3.63) is 33.4 Å². The Morgan fingerprint density at radius 2 is 2.28 bits per heavy atom. The number of nitrogens with zero attached hydrogens (tertiary/aromatic N) is 1. The van der Waals surface area contributed by atoms with E-state index in [0.717, 1.165) is 22.1 Å². The van der Waals surface area contributed by atoms with Gasteiger partial charge in [0, 0.05) is 9.28 Å². The zero-order chi connectivity index (χ0) is 13.0. The van der Waals surface area contributed by atoms with Crippen molar-refractivity contribution in [1.82, 2.24) is 5.43 Å². The molecule has 18 heavy (non-hydrogen) atoms. The van der Waals surface area contributed by atoms with Gasteiger partial charge >= 0.3 is 0 Å². The smallest absolute Gasteiger partial charge is 0.267 e. The van der Waals surface area contributed by atoms with Gasteiger partial charge in [0.2, 0.25) is 0 Å². The van der Waals surface area contributed by atoms with Gasteiger partial charge < -0.3 is 0 Å². The maximum Gasteiger partial charge on any atom is 0.272 e. The number of carbonyl (C=O) groups excluding carboxylic acids is 1. The first kappa shape index (κ1) is 13.5. The molecule has 0 heterocycles. The molecule has 0 radical (unpaired) electrons. The van der Waals surface area contributed by atoms with Crippen LogP contribution in [0.5, 0.6) is 0 Å². The van der Waals surface area contributed by atoms with Crippen LogP contribution in [0.1, 0.15) is 43.0 Å². The van der Waals surface area contributed by atoms with Crippen LogP contribution in [0.15, 0.2) is 29.4 Å². The molecule has 3 nitrogen and oxygen atoms in total. The zero-order valence-electron chi connectivity index (χ0n) is 10.4. The van der Waals surface area contributed by atoms with Crippen LogP contribution in [0.25, 0.3) is 0 Å². The van der Waals surface area contributed by atoms with Gasteiger partial charge in [-0.2, -0.15) is 5.10 Å². The molecular weight excluding hydrogens is 339 g/mol. The molecule has 0 spiro atoms. The monoisotopic (exact) mass is 356 g/mol. The molecule has 1 atom stereocenters. The van der Waals surface area contributed by atoms with Crippen molar-refractivity contribution in [3.63, 3.8) is 0 Å². The number of hydrogen-bond acceptors (Lipinski definition) is 2. The van der Waals surface area contributed by atoms with E-state index in [1.165, 1.54) is 12.8 Å². The quantitative estimate of drug-likeness (QED) is 0.653. The third kappa shape index (κ3) is 3.10. The first-order valence-electron chi connectivity index (χ1n) is 6.33. The van der Waals surface area contributed by atoms with Crippen molar-refractivity contribution in [2.75, 3.05) is 0 Å². The molecule has 4 heteroatoms. The largest absolute Gasteiger partial charge is 0.272 e. The van der Waals surface area contributed by atoms with Gasteiger partial charge in [-0.15, -0.1) is 0 Å². The summed E-state index contributed by atoms with van der Waals surface area (Å²) in [5.74, 6) is 0.439. The van der Waals surface area contributed by atoms with Crippen LogP contribution in [0.4, 0.5) is 0 Å². The van der Waals surface area contributed by atoms with Gasteiger partial charge in [0.25, 0.3) is 5.91 Å². The van der Waals surface area contributed by atoms with Crippen molar-refractivity contribution >= 4 is 34.2 Å². The number of rotatable bonds is 3. The number of hydrogen-bond donors (Lipinski definition) is 1. The maximum absolute atomic E-state index is 12.0. The molecule has 1 saturated carbocycles. The Labute approximate surface area is 121 Å². The second kappa shape index (κ2) is 6.31. The van der Waals surface area contributed by atoms with Gasteiger partial charge in [0.05, 0.1) is 5.56 Å². The zero-order valence-corrected chi connectivity index (χ0v) is 12.6. The van der Waals surface area contributed by atoms with Gasteiger partial charge in [0.15, 0.2) is 0 Å². The lowest BCUT2D eigenvalue weighted by Crippen LogP contribution is -2.21. The van der Waals surface area contributed by atoms with E-state index in [1.807, 2.05) is 24.3 Å². The summed E-state index contributed by atoms with van der Waals surface area (Å²) in [6.45, 7) is 2.17.